The molecule has 11 aromatic carbocycles. The van der Waals surface area contributed by atoms with E-state index in [9.17, 15) is 0 Å². The van der Waals surface area contributed by atoms with Crippen LogP contribution >= 0.6 is 0 Å². The Kier molecular flexibility index (Phi) is 9.23. The van der Waals surface area contributed by atoms with E-state index in [0.29, 0.717) is 0 Å². The lowest BCUT2D eigenvalue weighted by Gasteiger charge is -2.37. The Labute approximate surface area is 407 Å². The predicted molar refractivity (Wildman–Crippen MR) is 299 cm³/mol. The molecule has 3 aromatic heterocycles. The Balaban J connectivity index is 1.18. The van der Waals surface area contributed by atoms with E-state index in [0.717, 1.165) is 11.4 Å². The molecule has 0 N–H and O–H groups in total. The molecule has 0 fully saturated rings. The van der Waals surface area contributed by atoms with E-state index in [1.54, 1.807) is 0 Å². The Morgan fingerprint density at radius 1 is 0.243 bits per heavy atom. The number of hydrogen-bond acceptors (Lipinski definition) is 0. The van der Waals surface area contributed by atoms with Crippen LogP contribution in [0.25, 0.3) is 93.6 Å². The summed E-state index contributed by atoms with van der Waals surface area (Å²) in [5.41, 5.74) is 12.9. The van der Waals surface area contributed by atoms with Crippen molar-refractivity contribution < 1.29 is 0 Å². The van der Waals surface area contributed by atoms with Gasteiger partial charge in [0.05, 0.1) is 38.8 Å². The van der Waals surface area contributed by atoms with Gasteiger partial charge in [-0.25, -0.2) is 0 Å². The zero-order valence-corrected chi connectivity index (χ0v) is 39.3. The average Bonchev–Trinajstić information content (AvgIpc) is 4.08. The van der Waals surface area contributed by atoms with Gasteiger partial charge in [-0.1, -0.05) is 218 Å². The van der Waals surface area contributed by atoms with Crippen LogP contribution in [-0.2, 0) is 0 Å². The molecule has 328 valence electrons. The van der Waals surface area contributed by atoms with Crippen LogP contribution in [0.3, 0.4) is 0 Å². The van der Waals surface area contributed by atoms with Crippen LogP contribution in [0.2, 0.25) is 0 Å². The molecule has 0 spiro atoms. The summed E-state index contributed by atoms with van der Waals surface area (Å²) in [7, 11) is -3.26. The lowest BCUT2D eigenvalue weighted by Crippen LogP contribution is -2.75. The highest BCUT2D eigenvalue weighted by atomic mass is 28.3. The van der Waals surface area contributed by atoms with Crippen LogP contribution < -0.4 is 20.7 Å². The van der Waals surface area contributed by atoms with E-state index in [1.165, 1.54) is 103 Å². The van der Waals surface area contributed by atoms with Gasteiger partial charge in [-0.15, -0.1) is 0 Å². The van der Waals surface area contributed by atoms with Crippen LogP contribution in [-0.4, -0.2) is 21.8 Å². The number of nitrogens with zero attached hydrogens (tertiary/aromatic N) is 3. The third-order valence-electron chi connectivity index (χ3n) is 14.8. The lowest BCUT2D eigenvalue weighted by atomic mass is 10.1. The van der Waals surface area contributed by atoms with Crippen molar-refractivity contribution in [2.45, 2.75) is 0 Å². The highest BCUT2D eigenvalue weighted by Crippen LogP contribution is 2.42. The highest BCUT2D eigenvalue weighted by Gasteiger charge is 2.45. The fraction of sp³-hybridized carbons (Fsp3) is 0. The maximum atomic E-state index is 2.57. The van der Waals surface area contributed by atoms with E-state index in [-0.39, 0.29) is 0 Å². The lowest BCUT2D eigenvalue weighted by molar-refractivity contribution is 1.13. The molecule has 4 heteroatoms. The number of rotatable bonds is 8. The fourth-order valence-corrected chi connectivity index (χ4v) is 17.1. The van der Waals surface area contributed by atoms with Crippen LogP contribution in [0.4, 0.5) is 0 Å². The van der Waals surface area contributed by atoms with Crippen LogP contribution in [0.5, 0.6) is 0 Å². The molecule has 0 aliphatic rings. The van der Waals surface area contributed by atoms with Gasteiger partial charge in [-0.3, -0.25) is 0 Å². The van der Waals surface area contributed by atoms with Crippen molar-refractivity contribution in [1.82, 2.24) is 13.7 Å². The van der Waals surface area contributed by atoms with Gasteiger partial charge in [0, 0.05) is 43.7 Å². The first kappa shape index (κ1) is 40.1. The minimum Gasteiger partial charge on any atom is -0.309 e. The van der Waals surface area contributed by atoms with Gasteiger partial charge in [0.15, 0.2) is 8.07 Å². The summed E-state index contributed by atoms with van der Waals surface area (Å²) in [4.78, 5) is 0. The molecule has 0 unspecified atom stereocenters. The molecule has 0 saturated carbocycles. The van der Waals surface area contributed by atoms with Gasteiger partial charge in [-0.05, 0) is 86.5 Å². The summed E-state index contributed by atoms with van der Waals surface area (Å²) in [5, 5.41) is 12.8. The molecule has 3 nitrogen and oxygen atoms in total. The van der Waals surface area contributed by atoms with Gasteiger partial charge >= 0.3 is 0 Å². The van der Waals surface area contributed by atoms with Crippen molar-refractivity contribution in [2.24, 2.45) is 0 Å². The molecule has 0 atom stereocenters. The Hall–Kier alpha value is -8.96. The molecule has 0 saturated heterocycles. The van der Waals surface area contributed by atoms with Crippen LogP contribution in [0.1, 0.15) is 0 Å². The summed E-state index contributed by atoms with van der Waals surface area (Å²) in [5.74, 6) is 0. The molecule has 3 heterocycles. The van der Waals surface area contributed by atoms with E-state index < -0.39 is 8.07 Å². The molecular weight excluding hydrogens is 863 g/mol. The zero-order valence-electron chi connectivity index (χ0n) is 38.3. The van der Waals surface area contributed by atoms with Crippen molar-refractivity contribution >= 4 is 94.2 Å². The minimum absolute atomic E-state index is 1.12. The van der Waals surface area contributed by atoms with E-state index in [4.69, 9.17) is 0 Å². The second kappa shape index (κ2) is 16.1. The summed E-state index contributed by atoms with van der Waals surface area (Å²) < 4.78 is 7.62. The van der Waals surface area contributed by atoms with E-state index in [1.807, 2.05) is 0 Å². The smallest absolute Gasteiger partial charge is 0.182 e. The van der Waals surface area contributed by atoms with Gasteiger partial charge in [0.2, 0.25) is 0 Å². The van der Waals surface area contributed by atoms with Crippen molar-refractivity contribution in [1.29, 1.82) is 0 Å². The van der Waals surface area contributed by atoms with E-state index >= 15 is 0 Å². The quantitative estimate of drug-likeness (QED) is 0.107. The third kappa shape index (κ3) is 5.87. The van der Waals surface area contributed by atoms with Crippen molar-refractivity contribution in [3.63, 3.8) is 0 Å². The SMILES string of the molecule is c1ccc(-c2ccc(-n3c4ccccc4c4cccc(-n5c6ccccc6c6c([Si](c7ccccc7)(c7ccccc7)c7ccccc7)c(-n7c8ccccc8c8ccccc87)ccc65)c43)cc2)cc1. The molecule has 0 amide bonds. The van der Waals surface area contributed by atoms with E-state index in [2.05, 4.69) is 287 Å². The first-order valence-electron chi connectivity index (χ1n) is 24.2. The second-order valence-electron chi connectivity index (χ2n) is 18.4. The summed E-state index contributed by atoms with van der Waals surface area (Å²) in [6, 6.07) is 102. The third-order valence-corrected chi connectivity index (χ3v) is 19.6. The van der Waals surface area contributed by atoms with Gasteiger partial charge in [0.1, 0.15) is 0 Å². The molecule has 0 aliphatic heterocycles. The monoisotopic (exact) mass is 907 g/mol. The topological polar surface area (TPSA) is 14.8 Å². The summed E-state index contributed by atoms with van der Waals surface area (Å²) >= 11 is 0. The fourth-order valence-electron chi connectivity index (χ4n) is 11.9. The molecule has 0 bridgehead atoms. The largest absolute Gasteiger partial charge is 0.309 e. The van der Waals surface area contributed by atoms with Crippen molar-refractivity contribution in [3.8, 4) is 28.2 Å². The Morgan fingerprint density at radius 2 is 0.643 bits per heavy atom. The number of hydrogen-bond donors (Lipinski definition) is 0. The van der Waals surface area contributed by atoms with Crippen LogP contribution in [0.15, 0.2) is 273 Å². The number of aromatic nitrogens is 3. The average molecular weight is 908 g/mol. The number of benzene rings is 11. The summed E-state index contributed by atoms with van der Waals surface area (Å²) in [6.07, 6.45) is 0. The Bertz CT molecular complexity index is 4110. The standard InChI is InChI=1S/C66H45N3Si/c1-5-22-46(23-6-1)47-40-42-48(43-41-47)67-57-35-17-15-32-54(57)55-34-21-39-62(65(55)67)69-60-38-20-16-33-56(60)64-61(69)44-45-63(68-58-36-18-13-30-52(58)53-31-14-19-37-59(53)68)66(64)70(49-24-7-2-8-25-49,50-26-9-3-10-27-50)51-28-11-4-12-29-51/h1-45H. The van der Waals surface area contributed by atoms with Gasteiger partial charge in [-0.2, -0.15) is 0 Å². The first-order valence-corrected chi connectivity index (χ1v) is 26.2. The summed E-state index contributed by atoms with van der Waals surface area (Å²) in [6.45, 7) is 0. The number of para-hydroxylation sites is 5. The normalized spacial score (nSPS) is 12.0. The number of fused-ring (bicyclic) bond motifs is 9. The van der Waals surface area contributed by atoms with Gasteiger partial charge < -0.3 is 13.7 Å². The molecule has 0 aliphatic carbocycles. The van der Waals surface area contributed by atoms with Gasteiger partial charge in [0.25, 0.3) is 0 Å². The van der Waals surface area contributed by atoms with Crippen LogP contribution in [0, 0.1) is 0 Å². The molecule has 14 aromatic rings. The predicted octanol–water partition coefficient (Wildman–Crippen LogP) is 14.0. The Morgan fingerprint density at radius 3 is 1.19 bits per heavy atom. The maximum Gasteiger partial charge on any atom is 0.182 e. The van der Waals surface area contributed by atoms with Crippen molar-refractivity contribution in [2.75, 3.05) is 0 Å². The minimum atomic E-state index is -3.26. The molecule has 14 rings (SSSR count). The zero-order chi connectivity index (χ0) is 46.2. The second-order valence-corrected chi connectivity index (χ2v) is 22.1. The van der Waals surface area contributed by atoms with Crippen molar-refractivity contribution in [3.05, 3.63) is 273 Å². The molecule has 0 radical (unpaired) electrons. The maximum absolute atomic E-state index is 3.26. The first-order chi connectivity index (χ1) is 34.8. The molecular formula is C66H45N3Si. The molecule has 70 heavy (non-hydrogen) atoms. The highest BCUT2D eigenvalue weighted by molar-refractivity contribution is 7.21.